The van der Waals surface area contributed by atoms with Crippen LogP contribution in [0.15, 0.2) is 22.7 Å². The summed E-state index contributed by atoms with van der Waals surface area (Å²) in [6, 6.07) is 3.52. The smallest absolute Gasteiger partial charge is 0.321 e. The predicted octanol–water partition coefficient (Wildman–Crippen LogP) is 3.51. The van der Waals surface area contributed by atoms with Crippen molar-refractivity contribution >= 4 is 27.9 Å². The minimum absolute atomic E-state index is 0.124. The summed E-state index contributed by atoms with van der Waals surface area (Å²) in [5, 5.41) is 5.08. The summed E-state index contributed by atoms with van der Waals surface area (Å²) in [4.78, 5) is 23.8. The Balaban J connectivity index is 1.83. The van der Waals surface area contributed by atoms with Gasteiger partial charge in [0.25, 0.3) is 5.91 Å². The minimum atomic E-state index is -0.881. The molecule has 1 fully saturated rings. The molecule has 2 N–H and O–H groups in total. The summed E-state index contributed by atoms with van der Waals surface area (Å²) >= 11 is 3.17. The zero-order chi connectivity index (χ0) is 16.8. The third-order valence-electron chi connectivity index (χ3n) is 3.74. The molecule has 23 heavy (non-hydrogen) atoms. The van der Waals surface area contributed by atoms with Crippen molar-refractivity contribution in [3.8, 4) is 5.75 Å². The summed E-state index contributed by atoms with van der Waals surface area (Å²) < 4.78 is 18.9. The lowest BCUT2D eigenvalue weighted by molar-refractivity contribution is -0.126. The number of urea groups is 1. The van der Waals surface area contributed by atoms with Gasteiger partial charge in [-0.05, 0) is 53.9 Å². The molecule has 1 aromatic rings. The Morgan fingerprint density at radius 2 is 2.00 bits per heavy atom. The zero-order valence-corrected chi connectivity index (χ0v) is 14.5. The van der Waals surface area contributed by atoms with Gasteiger partial charge in [0.15, 0.2) is 6.10 Å². The van der Waals surface area contributed by atoms with E-state index in [1.165, 1.54) is 31.5 Å². The first-order chi connectivity index (χ1) is 11.0. The number of benzene rings is 1. The molecule has 0 heterocycles. The molecule has 1 aliphatic carbocycles. The lowest BCUT2D eigenvalue weighted by Gasteiger charge is -2.23. The zero-order valence-electron chi connectivity index (χ0n) is 12.9. The van der Waals surface area contributed by atoms with Crippen molar-refractivity contribution < 1.29 is 18.7 Å². The van der Waals surface area contributed by atoms with Gasteiger partial charge in [-0.3, -0.25) is 10.1 Å². The van der Waals surface area contributed by atoms with E-state index in [1.54, 1.807) is 0 Å². The standard InChI is InChI=1S/C16H20BrFN2O3/c1-10(23-14-8-7-11(18)9-13(14)17)15(21)20-16(22)19-12-5-3-2-4-6-12/h7-10,12H,2-6H2,1H3,(H2,19,20,21,22)/t10-/m1/s1. The molecule has 2 rings (SSSR count). The van der Waals surface area contributed by atoms with Gasteiger partial charge in [-0.15, -0.1) is 0 Å². The van der Waals surface area contributed by atoms with E-state index in [9.17, 15) is 14.0 Å². The van der Waals surface area contributed by atoms with Crippen molar-refractivity contribution in [2.24, 2.45) is 0 Å². The molecule has 5 nitrogen and oxygen atoms in total. The van der Waals surface area contributed by atoms with E-state index in [-0.39, 0.29) is 6.04 Å². The molecule has 0 aromatic heterocycles. The van der Waals surface area contributed by atoms with Gasteiger partial charge < -0.3 is 10.1 Å². The van der Waals surface area contributed by atoms with Crippen LogP contribution in [-0.4, -0.2) is 24.1 Å². The number of rotatable bonds is 4. The second-order valence-electron chi connectivity index (χ2n) is 5.63. The van der Waals surface area contributed by atoms with Crippen molar-refractivity contribution in [1.82, 2.24) is 10.6 Å². The molecule has 0 bridgehead atoms. The molecule has 0 radical (unpaired) electrons. The monoisotopic (exact) mass is 386 g/mol. The lowest BCUT2D eigenvalue weighted by atomic mass is 9.96. The summed E-state index contributed by atoms with van der Waals surface area (Å²) in [6.45, 7) is 1.53. The van der Waals surface area contributed by atoms with E-state index in [2.05, 4.69) is 26.6 Å². The molecular weight excluding hydrogens is 367 g/mol. The number of hydrogen-bond donors (Lipinski definition) is 2. The van der Waals surface area contributed by atoms with Crippen LogP contribution in [-0.2, 0) is 4.79 Å². The molecule has 0 saturated heterocycles. The van der Waals surface area contributed by atoms with Crippen LogP contribution in [0.4, 0.5) is 9.18 Å². The number of carbonyl (C=O) groups excluding carboxylic acids is 2. The molecule has 0 spiro atoms. The van der Waals surface area contributed by atoms with Gasteiger partial charge in [0.1, 0.15) is 11.6 Å². The first kappa shape index (κ1) is 17.7. The Morgan fingerprint density at radius 1 is 1.30 bits per heavy atom. The van der Waals surface area contributed by atoms with Gasteiger partial charge in [0.2, 0.25) is 0 Å². The van der Waals surface area contributed by atoms with E-state index in [4.69, 9.17) is 4.74 Å². The van der Waals surface area contributed by atoms with Crippen molar-refractivity contribution in [2.45, 2.75) is 51.2 Å². The molecular formula is C16H20BrFN2O3. The number of amides is 3. The first-order valence-corrected chi connectivity index (χ1v) is 8.48. The molecule has 1 atom stereocenters. The largest absolute Gasteiger partial charge is 0.480 e. The van der Waals surface area contributed by atoms with Crippen LogP contribution < -0.4 is 15.4 Å². The lowest BCUT2D eigenvalue weighted by Crippen LogP contribution is -2.48. The van der Waals surface area contributed by atoms with E-state index in [1.807, 2.05) is 0 Å². The van der Waals surface area contributed by atoms with E-state index in [0.29, 0.717) is 10.2 Å². The Labute approximate surface area is 143 Å². The fourth-order valence-corrected chi connectivity index (χ4v) is 2.94. The van der Waals surface area contributed by atoms with Crippen LogP contribution in [0.25, 0.3) is 0 Å². The second-order valence-corrected chi connectivity index (χ2v) is 6.49. The molecule has 0 unspecified atom stereocenters. The maximum Gasteiger partial charge on any atom is 0.321 e. The van der Waals surface area contributed by atoms with E-state index < -0.39 is 23.9 Å². The molecule has 7 heteroatoms. The molecule has 1 aliphatic rings. The highest BCUT2D eigenvalue weighted by Crippen LogP contribution is 2.26. The van der Waals surface area contributed by atoms with Gasteiger partial charge in [0, 0.05) is 6.04 Å². The van der Waals surface area contributed by atoms with Crippen LogP contribution in [0.3, 0.4) is 0 Å². The highest BCUT2D eigenvalue weighted by atomic mass is 79.9. The third-order valence-corrected chi connectivity index (χ3v) is 4.36. The molecule has 3 amide bonds. The van der Waals surface area contributed by atoms with Crippen LogP contribution in [0.2, 0.25) is 0 Å². The number of nitrogens with one attached hydrogen (secondary N) is 2. The number of ether oxygens (including phenoxy) is 1. The topological polar surface area (TPSA) is 67.4 Å². The van der Waals surface area contributed by atoms with Crippen LogP contribution in [0.1, 0.15) is 39.0 Å². The average Bonchev–Trinajstić information content (AvgIpc) is 2.50. The Bertz CT molecular complexity index is 576. The van der Waals surface area contributed by atoms with Gasteiger partial charge in [-0.1, -0.05) is 19.3 Å². The first-order valence-electron chi connectivity index (χ1n) is 7.69. The summed E-state index contributed by atoms with van der Waals surface area (Å²) in [6.07, 6.45) is 4.38. The molecule has 0 aliphatic heterocycles. The molecule has 126 valence electrons. The summed E-state index contributed by atoms with van der Waals surface area (Å²) in [5.74, 6) is -0.621. The van der Waals surface area contributed by atoms with Gasteiger partial charge in [-0.25, -0.2) is 9.18 Å². The Hall–Kier alpha value is -1.63. The predicted molar refractivity (Wildman–Crippen MR) is 87.7 cm³/mol. The van der Waals surface area contributed by atoms with E-state index >= 15 is 0 Å². The number of halogens is 2. The summed E-state index contributed by atoms with van der Waals surface area (Å²) in [5.41, 5.74) is 0. The average molecular weight is 387 g/mol. The normalized spacial score (nSPS) is 16.5. The maximum atomic E-state index is 13.0. The van der Waals surface area contributed by atoms with Crippen LogP contribution >= 0.6 is 15.9 Å². The highest BCUT2D eigenvalue weighted by molar-refractivity contribution is 9.10. The van der Waals surface area contributed by atoms with Crippen molar-refractivity contribution in [3.63, 3.8) is 0 Å². The quantitative estimate of drug-likeness (QED) is 0.831. The second kappa shape index (κ2) is 8.29. The number of imide groups is 1. The van der Waals surface area contributed by atoms with Gasteiger partial charge >= 0.3 is 6.03 Å². The van der Waals surface area contributed by atoms with Crippen molar-refractivity contribution in [1.29, 1.82) is 0 Å². The maximum absolute atomic E-state index is 13.0. The van der Waals surface area contributed by atoms with Crippen LogP contribution in [0.5, 0.6) is 5.75 Å². The highest BCUT2D eigenvalue weighted by Gasteiger charge is 2.21. The fourth-order valence-electron chi connectivity index (χ4n) is 2.50. The Morgan fingerprint density at radius 3 is 2.65 bits per heavy atom. The fraction of sp³-hybridized carbons (Fsp3) is 0.500. The SMILES string of the molecule is C[C@@H](Oc1ccc(F)cc1Br)C(=O)NC(=O)NC1CCCCC1. The number of hydrogen-bond acceptors (Lipinski definition) is 3. The Kier molecular flexibility index (Phi) is 6.38. The van der Waals surface area contributed by atoms with E-state index in [0.717, 1.165) is 25.7 Å². The third kappa shape index (κ3) is 5.49. The minimum Gasteiger partial charge on any atom is -0.480 e. The van der Waals surface area contributed by atoms with Crippen molar-refractivity contribution in [2.75, 3.05) is 0 Å². The van der Waals surface area contributed by atoms with Crippen molar-refractivity contribution in [3.05, 3.63) is 28.5 Å². The molecule has 1 saturated carbocycles. The summed E-state index contributed by atoms with van der Waals surface area (Å²) in [7, 11) is 0. The van der Waals surface area contributed by atoms with Gasteiger partial charge in [0.05, 0.1) is 4.47 Å². The molecule has 1 aromatic carbocycles. The van der Waals surface area contributed by atoms with Crippen LogP contribution in [0, 0.1) is 5.82 Å². The number of carbonyl (C=O) groups is 2. The van der Waals surface area contributed by atoms with Gasteiger partial charge in [-0.2, -0.15) is 0 Å².